The Morgan fingerprint density at radius 1 is 1.30 bits per heavy atom. The zero-order valence-corrected chi connectivity index (χ0v) is 13.0. The van der Waals surface area contributed by atoms with Crippen molar-refractivity contribution in [1.29, 1.82) is 0 Å². The summed E-state index contributed by atoms with van der Waals surface area (Å²) < 4.78 is 1.66. The highest BCUT2D eigenvalue weighted by Gasteiger charge is 2.21. The van der Waals surface area contributed by atoms with Crippen LogP contribution in [0.5, 0.6) is 0 Å². The molecule has 1 aliphatic rings. The summed E-state index contributed by atoms with van der Waals surface area (Å²) in [5, 5.41) is 22.2. The second-order valence-corrected chi connectivity index (χ2v) is 6.05. The smallest absolute Gasteiger partial charge is 0.143 e. The minimum absolute atomic E-state index is 0.302. The lowest BCUT2D eigenvalue weighted by atomic mass is 9.92. The van der Waals surface area contributed by atoms with Crippen LogP contribution >= 0.6 is 0 Å². The Morgan fingerprint density at radius 3 is 2.96 bits per heavy atom. The second-order valence-electron chi connectivity index (χ2n) is 6.05. The number of aromatic amines is 1. The summed E-state index contributed by atoms with van der Waals surface area (Å²) in [6.45, 7) is 2.21. The van der Waals surface area contributed by atoms with Crippen LogP contribution < -0.4 is 5.32 Å². The molecule has 0 fully saturated rings. The molecule has 0 aliphatic heterocycles. The van der Waals surface area contributed by atoms with E-state index >= 15 is 0 Å². The summed E-state index contributed by atoms with van der Waals surface area (Å²) in [7, 11) is 0. The van der Waals surface area contributed by atoms with E-state index in [2.05, 4.69) is 50.1 Å². The molecule has 4 rings (SSSR count). The molecule has 0 amide bonds. The highest BCUT2D eigenvalue weighted by atomic mass is 15.5. The van der Waals surface area contributed by atoms with Gasteiger partial charge in [0, 0.05) is 17.8 Å². The Bertz CT molecular complexity index is 760. The topological polar surface area (TPSA) is 84.3 Å². The van der Waals surface area contributed by atoms with Crippen molar-refractivity contribution in [3.8, 4) is 5.69 Å². The van der Waals surface area contributed by atoms with Gasteiger partial charge in [0.05, 0.1) is 11.9 Å². The van der Waals surface area contributed by atoms with E-state index in [4.69, 9.17) is 0 Å². The maximum Gasteiger partial charge on any atom is 0.143 e. The molecular weight excluding hydrogens is 290 g/mol. The molecule has 3 aromatic rings. The summed E-state index contributed by atoms with van der Waals surface area (Å²) >= 11 is 0. The van der Waals surface area contributed by atoms with Gasteiger partial charge in [0.25, 0.3) is 0 Å². The Hall–Kier alpha value is -2.54. The van der Waals surface area contributed by atoms with E-state index in [9.17, 15) is 0 Å². The van der Waals surface area contributed by atoms with Crippen LogP contribution in [0.1, 0.15) is 36.2 Å². The van der Waals surface area contributed by atoms with E-state index in [-0.39, 0.29) is 0 Å². The number of aryl methyl sites for hydroxylation is 1. The highest BCUT2D eigenvalue weighted by Crippen LogP contribution is 2.22. The summed E-state index contributed by atoms with van der Waals surface area (Å²) in [5.41, 5.74) is 4.86. The van der Waals surface area contributed by atoms with Gasteiger partial charge in [0.15, 0.2) is 0 Å². The van der Waals surface area contributed by atoms with Crippen LogP contribution in [0.25, 0.3) is 5.69 Å². The van der Waals surface area contributed by atoms with Gasteiger partial charge in [-0.25, -0.2) is 4.68 Å². The Morgan fingerprint density at radius 2 is 2.17 bits per heavy atom. The largest absolute Gasteiger partial charge is 0.307 e. The van der Waals surface area contributed by atoms with Gasteiger partial charge in [-0.15, -0.1) is 5.10 Å². The maximum absolute atomic E-state index is 4.14. The van der Waals surface area contributed by atoms with Crippen molar-refractivity contribution < 1.29 is 0 Å². The van der Waals surface area contributed by atoms with E-state index in [1.165, 1.54) is 16.8 Å². The number of aromatic nitrogens is 6. The van der Waals surface area contributed by atoms with E-state index in [1.54, 1.807) is 11.0 Å². The number of nitrogens with one attached hydrogen (secondary N) is 2. The minimum Gasteiger partial charge on any atom is -0.307 e. The standard InChI is InChI=1S/C16H19N7/c1-11(19-14-4-7-16-13(8-14)9-17-20-16)12-2-5-15(6-3-12)23-10-18-21-22-23/h2-3,5-6,9-11,14,19H,4,7-8H2,1H3,(H,17,20)/t11-,14-/m0/s1. The molecule has 1 aromatic carbocycles. The molecule has 2 N–H and O–H groups in total. The minimum atomic E-state index is 0.302. The van der Waals surface area contributed by atoms with Crippen LogP contribution in [0.2, 0.25) is 0 Å². The van der Waals surface area contributed by atoms with Crippen molar-refractivity contribution in [2.45, 2.75) is 38.3 Å². The van der Waals surface area contributed by atoms with E-state index in [1.807, 2.05) is 18.3 Å². The van der Waals surface area contributed by atoms with E-state index in [0.717, 1.165) is 24.9 Å². The van der Waals surface area contributed by atoms with Gasteiger partial charge in [-0.2, -0.15) is 5.10 Å². The molecule has 23 heavy (non-hydrogen) atoms. The highest BCUT2D eigenvalue weighted by molar-refractivity contribution is 5.34. The van der Waals surface area contributed by atoms with Crippen molar-refractivity contribution in [3.63, 3.8) is 0 Å². The first-order valence-electron chi connectivity index (χ1n) is 7.90. The molecule has 7 heteroatoms. The number of hydrogen-bond acceptors (Lipinski definition) is 5. The summed E-state index contributed by atoms with van der Waals surface area (Å²) in [4.78, 5) is 0. The van der Waals surface area contributed by atoms with E-state index < -0.39 is 0 Å². The van der Waals surface area contributed by atoms with Crippen LogP contribution in [0.4, 0.5) is 0 Å². The summed E-state index contributed by atoms with van der Waals surface area (Å²) in [6, 6.07) is 9.13. The normalized spacial score (nSPS) is 18.6. The van der Waals surface area contributed by atoms with Gasteiger partial charge in [-0.1, -0.05) is 12.1 Å². The molecule has 0 saturated heterocycles. The molecule has 0 saturated carbocycles. The third-order valence-electron chi connectivity index (χ3n) is 4.51. The zero-order valence-electron chi connectivity index (χ0n) is 13.0. The molecule has 0 radical (unpaired) electrons. The van der Waals surface area contributed by atoms with Gasteiger partial charge in [-0.05, 0) is 59.9 Å². The molecule has 1 aliphatic carbocycles. The van der Waals surface area contributed by atoms with Gasteiger partial charge >= 0.3 is 0 Å². The molecule has 0 unspecified atom stereocenters. The number of nitrogens with zero attached hydrogens (tertiary/aromatic N) is 5. The van der Waals surface area contributed by atoms with Gasteiger partial charge in [0.1, 0.15) is 6.33 Å². The first-order chi connectivity index (χ1) is 11.3. The third kappa shape index (κ3) is 2.87. The van der Waals surface area contributed by atoms with Crippen molar-refractivity contribution in [2.75, 3.05) is 0 Å². The average molecular weight is 309 g/mol. The van der Waals surface area contributed by atoms with Crippen molar-refractivity contribution in [3.05, 3.63) is 53.6 Å². The lowest BCUT2D eigenvalue weighted by Crippen LogP contribution is -2.36. The Kier molecular flexibility index (Phi) is 3.63. The van der Waals surface area contributed by atoms with Crippen LogP contribution in [-0.4, -0.2) is 36.4 Å². The predicted octanol–water partition coefficient (Wildman–Crippen LogP) is 1.59. The quantitative estimate of drug-likeness (QED) is 0.764. The molecular formula is C16H19N7. The third-order valence-corrected chi connectivity index (χ3v) is 4.51. The monoisotopic (exact) mass is 309 g/mol. The first kappa shape index (κ1) is 14.1. The fourth-order valence-electron chi connectivity index (χ4n) is 3.20. The number of rotatable bonds is 4. The molecule has 2 atom stereocenters. The van der Waals surface area contributed by atoms with Crippen LogP contribution in [-0.2, 0) is 12.8 Å². The number of H-pyrrole nitrogens is 1. The lowest BCUT2D eigenvalue weighted by Gasteiger charge is -2.26. The molecule has 0 spiro atoms. The Labute approximate surface area is 134 Å². The second kappa shape index (κ2) is 5.92. The zero-order chi connectivity index (χ0) is 15.6. The molecule has 2 aromatic heterocycles. The SMILES string of the molecule is C[C@H](N[C@H]1CCc2[nH]ncc2C1)c1ccc(-n2cnnn2)cc1. The van der Waals surface area contributed by atoms with Gasteiger partial charge in [-0.3, -0.25) is 5.10 Å². The van der Waals surface area contributed by atoms with E-state index in [0.29, 0.717) is 12.1 Å². The van der Waals surface area contributed by atoms with Crippen LogP contribution in [0.3, 0.4) is 0 Å². The van der Waals surface area contributed by atoms with Crippen molar-refractivity contribution in [2.24, 2.45) is 0 Å². The number of fused-ring (bicyclic) bond motifs is 1. The van der Waals surface area contributed by atoms with Gasteiger partial charge in [0.2, 0.25) is 0 Å². The summed E-state index contributed by atoms with van der Waals surface area (Å²) in [5.74, 6) is 0. The molecule has 118 valence electrons. The summed E-state index contributed by atoms with van der Waals surface area (Å²) in [6.07, 6.45) is 6.80. The van der Waals surface area contributed by atoms with Gasteiger partial charge < -0.3 is 5.32 Å². The van der Waals surface area contributed by atoms with Crippen molar-refractivity contribution in [1.82, 2.24) is 35.7 Å². The molecule has 0 bridgehead atoms. The molecule has 2 heterocycles. The first-order valence-corrected chi connectivity index (χ1v) is 7.90. The average Bonchev–Trinajstić information content (AvgIpc) is 3.26. The van der Waals surface area contributed by atoms with Crippen LogP contribution in [0.15, 0.2) is 36.8 Å². The number of benzene rings is 1. The predicted molar refractivity (Wildman–Crippen MR) is 85.1 cm³/mol. The van der Waals surface area contributed by atoms with Crippen LogP contribution in [0, 0.1) is 0 Å². The fourth-order valence-corrected chi connectivity index (χ4v) is 3.20. The lowest BCUT2D eigenvalue weighted by molar-refractivity contribution is 0.412. The number of tetrazole rings is 1. The molecule has 7 nitrogen and oxygen atoms in total. The maximum atomic E-state index is 4.14. The fraction of sp³-hybridized carbons (Fsp3) is 0.375. The van der Waals surface area contributed by atoms with Crippen molar-refractivity contribution >= 4 is 0 Å². The number of hydrogen-bond donors (Lipinski definition) is 2. The Balaban J connectivity index is 1.42.